The van der Waals surface area contributed by atoms with E-state index in [1.807, 2.05) is 0 Å². The van der Waals surface area contributed by atoms with E-state index in [0.717, 1.165) is 71.4 Å². The average Bonchev–Trinajstić information content (AvgIpc) is 1.65. The standard InChI is InChI=1S/3C44H28O/c1-3-13-29(14-4-1)31-17-11-18-32(27-31)34-23-12-24-41-44(34)39-28-33(25-26-40(39)45-41)43-37-21-9-7-19-35(37)42(30-15-5-2-6-16-30)36-20-8-10-22-38(36)43;1-3-11-29(12-4-1)30-19-21-31(22-20-30)33-23-25-41-39(27-33)40-28-34(24-26-42(40)45-41)44-37-17-9-7-15-35(37)43(32-13-5-2-6-14-32)36-16-8-10-18-38(36)44;1-3-13-29(14-4-1)33-17-7-8-18-34(33)31-23-25-35-40-27-32(24-26-41(40)45-42(35)28-31)44-38-21-11-9-19-36(38)43(30-15-5-2-6-16-30)37-20-10-12-22-39(37)44/h3*1-28H. The summed E-state index contributed by atoms with van der Waals surface area (Å²) in [7, 11) is 0. The molecule has 0 aliphatic rings. The fourth-order valence-electron chi connectivity index (χ4n) is 21.1. The first-order chi connectivity index (χ1) is 67.0. The molecule has 0 aliphatic carbocycles. The van der Waals surface area contributed by atoms with E-state index in [9.17, 15) is 0 Å². The Labute approximate surface area is 781 Å². The molecule has 0 N–H and O–H groups in total. The normalized spacial score (nSPS) is 11.6. The highest BCUT2D eigenvalue weighted by molar-refractivity contribution is 6.26. The Morgan fingerprint density at radius 3 is 0.733 bits per heavy atom. The van der Waals surface area contributed by atoms with Crippen LogP contribution in [0.15, 0.2) is 523 Å². The van der Waals surface area contributed by atoms with Gasteiger partial charge in [-0.05, 0) is 271 Å². The predicted molar refractivity (Wildman–Crippen MR) is 571 cm³/mol. The van der Waals surface area contributed by atoms with Crippen molar-refractivity contribution >= 4 is 130 Å². The molecule has 0 fully saturated rings. The molecule has 27 rings (SSSR count). The molecule has 0 spiro atoms. The lowest BCUT2D eigenvalue weighted by molar-refractivity contribution is 0.668. The molecule has 0 amide bonds. The van der Waals surface area contributed by atoms with E-state index in [-0.39, 0.29) is 0 Å². The maximum atomic E-state index is 6.50. The third-order valence-corrected chi connectivity index (χ3v) is 27.2. The smallest absolute Gasteiger partial charge is 0.136 e. The van der Waals surface area contributed by atoms with Crippen LogP contribution in [0.5, 0.6) is 0 Å². The molecule has 0 atom stereocenters. The molecular weight excluding hydrogens is 1630 g/mol. The van der Waals surface area contributed by atoms with E-state index in [1.165, 1.54) is 193 Å². The van der Waals surface area contributed by atoms with Gasteiger partial charge in [-0.15, -0.1) is 0 Å². The second kappa shape index (κ2) is 33.9. The first-order valence-electron chi connectivity index (χ1n) is 46.3. The molecule has 3 heteroatoms. The van der Waals surface area contributed by atoms with Gasteiger partial charge in [0.25, 0.3) is 0 Å². The van der Waals surface area contributed by atoms with Gasteiger partial charge in [-0.3, -0.25) is 0 Å². The fourth-order valence-corrected chi connectivity index (χ4v) is 21.1. The molecule has 24 aromatic carbocycles. The van der Waals surface area contributed by atoms with E-state index in [1.54, 1.807) is 0 Å². The van der Waals surface area contributed by atoms with E-state index >= 15 is 0 Å². The second-order valence-corrected chi connectivity index (χ2v) is 35.0. The van der Waals surface area contributed by atoms with Crippen LogP contribution in [-0.4, -0.2) is 0 Å². The number of hydrogen-bond donors (Lipinski definition) is 0. The van der Waals surface area contributed by atoms with E-state index in [2.05, 4.69) is 510 Å². The van der Waals surface area contributed by atoms with Gasteiger partial charge in [-0.2, -0.15) is 0 Å². The summed E-state index contributed by atoms with van der Waals surface area (Å²) in [5, 5.41) is 21.9. The van der Waals surface area contributed by atoms with Crippen molar-refractivity contribution in [1.82, 2.24) is 0 Å². The lowest BCUT2D eigenvalue weighted by Crippen LogP contribution is -1.90. The van der Waals surface area contributed by atoms with Crippen molar-refractivity contribution in [3.8, 4) is 134 Å². The van der Waals surface area contributed by atoms with Gasteiger partial charge in [-0.25, -0.2) is 0 Å². The summed E-state index contributed by atoms with van der Waals surface area (Å²) in [6, 6.07) is 183. The molecule has 0 bridgehead atoms. The Balaban J connectivity index is 0.000000108. The van der Waals surface area contributed by atoms with Gasteiger partial charge in [0.1, 0.15) is 33.5 Å². The monoisotopic (exact) mass is 1720 g/mol. The molecule has 3 nitrogen and oxygen atoms in total. The summed E-state index contributed by atoms with van der Waals surface area (Å²) in [6.45, 7) is 0. The van der Waals surface area contributed by atoms with Crippen molar-refractivity contribution in [2.75, 3.05) is 0 Å². The molecule has 0 aliphatic heterocycles. The van der Waals surface area contributed by atoms with Crippen molar-refractivity contribution in [2.45, 2.75) is 0 Å². The topological polar surface area (TPSA) is 39.4 Å². The van der Waals surface area contributed by atoms with Crippen LogP contribution in [-0.2, 0) is 0 Å². The first kappa shape index (κ1) is 79.4. The van der Waals surface area contributed by atoms with Crippen LogP contribution in [0, 0.1) is 0 Å². The minimum atomic E-state index is 0.898. The minimum Gasteiger partial charge on any atom is -0.456 e. The molecule has 0 radical (unpaired) electrons. The number of benzene rings is 24. The van der Waals surface area contributed by atoms with Crippen LogP contribution in [0.2, 0.25) is 0 Å². The average molecular weight is 1720 g/mol. The highest BCUT2D eigenvalue weighted by Gasteiger charge is 2.25. The summed E-state index contributed by atoms with van der Waals surface area (Å²) in [6.07, 6.45) is 0. The zero-order valence-corrected chi connectivity index (χ0v) is 73.7. The third-order valence-electron chi connectivity index (χ3n) is 27.2. The van der Waals surface area contributed by atoms with Crippen molar-refractivity contribution in [1.29, 1.82) is 0 Å². The Bertz CT molecular complexity index is 9080. The fraction of sp³-hybridized carbons (Fsp3) is 0. The maximum absolute atomic E-state index is 6.50. The highest BCUT2D eigenvalue weighted by Crippen LogP contribution is 2.51. The van der Waals surface area contributed by atoms with Crippen molar-refractivity contribution in [3.63, 3.8) is 0 Å². The zero-order chi connectivity index (χ0) is 89.2. The summed E-state index contributed by atoms with van der Waals surface area (Å²) in [5.74, 6) is 0. The van der Waals surface area contributed by atoms with Crippen LogP contribution in [0.25, 0.3) is 264 Å². The van der Waals surface area contributed by atoms with Crippen LogP contribution in [0.4, 0.5) is 0 Å². The molecule has 3 heterocycles. The first-order valence-corrected chi connectivity index (χ1v) is 46.3. The van der Waals surface area contributed by atoms with Gasteiger partial charge in [0.05, 0.1) is 0 Å². The Morgan fingerprint density at radius 1 is 0.0963 bits per heavy atom. The molecule has 3 aromatic heterocycles. The Morgan fingerprint density at radius 2 is 0.326 bits per heavy atom. The van der Waals surface area contributed by atoms with Crippen molar-refractivity contribution in [2.24, 2.45) is 0 Å². The van der Waals surface area contributed by atoms with Gasteiger partial charge in [0, 0.05) is 32.3 Å². The largest absolute Gasteiger partial charge is 0.456 e. The van der Waals surface area contributed by atoms with Crippen molar-refractivity contribution < 1.29 is 13.3 Å². The van der Waals surface area contributed by atoms with Gasteiger partial charge in [0.2, 0.25) is 0 Å². The highest BCUT2D eigenvalue weighted by atomic mass is 16.3. The van der Waals surface area contributed by atoms with Gasteiger partial charge in [0.15, 0.2) is 0 Å². The van der Waals surface area contributed by atoms with E-state index in [4.69, 9.17) is 13.3 Å². The summed E-state index contributed by atoms with van der Waals surface area (Å²) in [5.41, 5.74) is 34.6. The summed E-state index contributed by atoms with van der Waals surface area (Å²) < 4.78 is 19.3. The van der Waals surface area contributed by atoms with Gasteiger partial charge < -0.3 is 13.3 Å². The molecule has 135 heavy (non-hydrogen) atoms. The second-order valence-electron chi connectivity index (χ2n) is 35.0. The van der Waals surface area contributed by atoms with E-state index < -0.39 is 0 Å². The Hall–Kier alpha value is -17.8. The molecular formula is C132H84O3. The molecule has 0 saturated carbocycles. The number of hydrogen-bond acceptors (Lipinski definition) is 3. The number of rotatable bonds is 12. The van der Waals surface area contributed by atoms with Gasteiger partial charge in [-0.1, -0.05) is 437 Å². The lowest BCUT2D eigenvalue weighted by atomic mass is 9.85. The van der Waals surface area contributed by atoms with Crippen LogP contribution in [0.3, 0.4) is 0 Å². The quantitative estimate of drug-likeness (QED) is 0.114. The SMILES string of the molecule is c1ccc(-c2ccc(-c3ccc4oc5ccc(-c6c7ccccc7c(-c7ccccc7)c7ccccc67)cc5c4c3)cc2)cc1.c1ccc(-c2cccc(-c3cccc4oc5ccc(-c6c7ccccc7c(-c7ccccc7)c7ccccc67)cc5c34)c2)cc1.c1ccc(-c2ccccc2-c2ccc3c(c2)oc2ccc(-c4c5ccccc5c(-c5ccccc5)c5ccccc45)cc23)cc1. The van der Waals surface area contributed by atoms with Gasteiger partial charge >= 0.3 is 0 Å². The Kier molecular flexibility index (Phi) is 20.0. The molecule has 0 saturated heterocycles. The lowest BCUT2D eigenvalue weighted by Gasteiger charge is -2.17. The van der Waals surface area contributed by atoms with Crippen molar-refractivity contribution in [3.05, 3.63) is 510 Å². The third kappa shape index (κ3) is 14.3. The molecule has 27 aromatic rings. The number of furan rings is 3. The van der Waals surface area contributed by atoms with Crippen LogP contribution in [0.1, 0.15) is 0 Å². The van der Waals surface area contributed by atoms with Crippen LogP contribution < -0.4 is 0 Å². The summed E-state index contributed by atoms with van der Waals surface area (Å²) in [4.78, 5) is 0. The molecule has 0 unspecified atom stereocenters. The van der Waals surface area contributed by atoms with Crippen LogP contribution >= 0.6 is 0 Å². The zero-order valence-electron chi connectivity index (χ0n) is 73.7. The molecule has 630 valence electrons. The van der Waals surface area contributed by atoms with E-state index in [0.29, 0.717) is 0 Å². The predicted octanol–water partition coefficient (Wildman–Crippen LogP) is 37.7. The maximum Gasteiger partial charge on any atom is 0.136 e. The minimum absolute atomic E-state index is 0.898. The number of fused-ring (bicyclic) bond motifs is 15. The summed E-state index contributed by atoms with van der Waals surface area (Å²) >= 11 is 0.